The third kappa shape index (κ3) is 3.37. The van der Waals surface area contributed by atoms with E-state index in [4.69, 9.17) is 5.11 Å². The van der Waals surface area contributed by atoms with E-state index in [1.54, 1.807) is 0 Å². The molecule has 1 aliphatic heterocycles. The van der Waals surface area contributed by atoms with Crippen molar-refractivity contribution in [2.75, 3.05) is 6.54 Å². The molecule has 1 unspecified atom stereocenters. The topological polar surface area (TPSA) is 69.6 Å². The van der Waals surface area contributed by atoms with Crippen LogP contribution in [0.1, 0.15) is 51.9 Å². The Labute approximate surface area is 108 Å². The van der Waals surface area contributed by atoms with Gasteiger partial charge in [0, 0.05) is 24.5 Å². The summed E-state index contributed by atoms with van der Waals surface area (Å²) >= 11 is 0. The van der Waals surface area contributed by atoms with Gasteiger partial charge in [-0.1, -0.05) is 0 Å². The van der Waals surface area contributed by atoms with Gasteiger partial charge in [0.15, 0.2) is 0 Å². The van der Waals surface area contributed by atoms with E-state index in [2.05, 4.69) is 12.2 Å². The highest BCUT2D eigenvalue weighted by molar-refractivity contribution is 5.76. The Hall–Kier alpha value is -1.26. The van der Waals surface area contributed by atoms with Gasteiger partial charge in [0.25, 0.3) is 0 Å². The Morgan fingerprint density at radius 3 is 2.72 bits per heavy atom. The van der Waals surface area contributed by atoms with Crippen molar-refractivity contribution in [2.24, 2.45) is 0 Å². The predicted octanol–water partition coefficient (Wildman–Crippen LogP) is 1.97. The first kappa shape index (κ1) is 13.2. The standard InChI is InChI=1S/C13H22N2O3/c1-13(7-8-13)14-12(18)15-9-3-2-4-10(15)5-6-11(16)17/h10H,2-9H2,1H3,(H,14,18)(H,16,17). The van der Waals surface area contributed by atoms with Crippen molar-refractivity contribution in [3.8, 4) is 0 Å². The van der Waals surface area contributed by atoms with Crippen LogP contribution in [0.4, 0.5) is 4.79 Å². The first-order valence-electron chi connectivity index (χ1n) is 6.81. The Kier molecular flexibility index (Phi) is 3.78. The van der Waals surface area contributed by atoms with Gasteiger partial charge in [0.1, 0.15) is 0 Å². The van der Waals surface area contributed by atoms with Crippen molar-refractivity contribution in [1.82, 2.24) is 10.2 Å². The van der Waals surface area contributed by atoms with Gasteiger partial charge < -0.3 is 15.3 Å². The van der Waals surface area contributed by atoms with Crippen LogP contribution in [0.25, 0.3) is 0 Å². The zero-order valence-corrected chi connectivity index (χ0v) is 10.9. The molecule has 2 N–H and O–H groups in total. The molecule has 1 heterocycles. The minimum absolute atomic E-state index is 0.00806. The van der Waals surface area contributed by atoms with Crippen LogP contribution < -0.4 is 5.32 Å². The summed E-state index contributed by atoms with van der Waals surface area (Å²) in [5.74, 6) is -0.782. The van der Waals surface area contributed by atoms with Crippen LogP contribution in [0.15, 0.2) is 0 Å². The van der Waals surface area contributed by atoms with E-state index in [-0.39, 0.29) is 24.0 Å². The second-order valence-electron chi connectivity index (χ2n) is 5.77. The van der Waals surface area contributed by atoms with E-state index >= 15 is 0 Å². The van der Waals surface area contributed by atoms with Crippen LogP contribution in [0.5, 0.6) is 0 Å². The fraction of sp³-hybridized carbons (Fsp3) is 0.846. The lowest BCUT2D eigenvalue weighted by atomic mass is 9.98. The van der Waals surface area contributed by atoms with Gasteiger partial charge in [0.2, 0.25) is 0 Å². The smallest absolute Gasteiger partial charge is 0.318 e. The molecule has 0 spiro atoms. The zero-order valence-electron chi connectivity index (χ0n) is 10.9. The van der Waals surface area contributed by atoms with Gasteiger partial charge in [-0.05, 0) is 45.4 Å². The van der Waals surface area contributed by atoms with Crippen molar-refractivity contribution in [2.45, 2.75) is 63.5 Å². The fourth-order valence-corrected chi connectivity index (χ4v) is 2.50. The first-order valence-corrected chi connectivity index (χ1v) is 6.81. The number of piperidine rings is 1. The molecule has 0 aromatic rings. The van der Waals surface area contributed by atoms with Crippen molar-refractivity contribution in [3.05, 3.63) is 0 Å². The van der Waals surface area contributed by atoms with Gasteiger partial charge >= 0.3 is 12.0 Å². The Morgan fingerprint density at radius 1 is 1.39 bits per heavy atom. The highest BCUT2D eigenvalue weighted by Gasteiger charge is 2.40. The first-order chi connectivity index (χ1) is 8.50. The summed E-state index contributed by atoms with van der Waals surface area (Å²) in [7, 11) is 0. The molecule has 1 saturated heterocycles. The zero-order chi connectivity index (χ0) is 13.2. The summed E-state index contributed by atoms with van der Waals surface area (Å²) in [5, 5.41) is 11.8. The molecular formula is C13H22N2O3. The average Bonchev–Trinajstić information content (AvgIpc) is 3.04. The summed E-state index contributed by atoms with van der Waals surface area (Å²) in [5.41, 5.74) is -0.00806. The van der Waals surface area contributed by atoms with Crippen LogP contribution in [0.2, 0.25) is 0 Å². The normalized spacial score (nSPS) is 25.6. The number of likely N-dealkylation sites (tertiary alicyclic amines) is 1. The third-order valence-electron chi connectivity index (χ3n) is 3.99. The molecule has 2 amide bonds. The van der Waals surface area contributed by atoms with E-state index in [0.29, 0.717) is 6.42 Å². The number of carboxylic acids is 1. The van der Waals surface area contributed by atoms with Crippen LogP contribution >= 0.6 is 0 Å². The van der Waals surface area contributed by atoms with Gasteiger partial charge in [-0.3, -0.25) is 4.79 Å². The van der Waals surface area contributed by atoms with Crippen molar-refractivity contribution in [3.63, 3.8) is 0 Å². The monoisotopic (exact) mass is 254 g/mol. The number of carboxylic acid groups (broad SMARTS) is 1. The summed E-state index contributed by atoms with van der Waals surface area (Å²) in [4.78, 5) is 24.7. The van der Waals surface area contributed by atoms with Crippen LogP contribution in [0, 0.1) is 0 Å². The lowest BCUT2D eigenvalue weighted by Crippen LogP contribution is -2.51. The molecule has 1 saturated carbocycles. The number of nitrogens with zero attached hydrogens (tertiary/aromatic N) is 1. The van der Waals surface area contributed by atoms with E-state index in [1.807, 2.05) is 4.90 Å². The van der Waals surface area contributed by atoms with Gasteiger partial charge in [-0.15, -0.1) is 0 Å². The minimum atomic E-state index is -0.782. The summed E-state index contributed by atoms with van der Waals surface area (Å²) in [6, 6.07) is 0.0855. The number of aliphatic carboxylic acids is 1. The third-order valence-corrected chi connectivity index (χ3v) is 3.99. The highest BCUT2D eigenvalue weighted by Crippen LogP contribution is 2.35. The second-order valence-corrected chi connectivity index (χ2v) is 5.77. The van der Waals surface area contributed by atoms with Crippen molar-refractivity contribution < 1.29 is 14.7 Å². The van der Waals surface area contributed by atoms with Crippen molar-refractivity contribution >= 4 is 12.0 Å². The maximum atomic E-state index is 12.2. The molecule has 102 valence electrons. The molecule has 5 heteroatoms. The summed E-state index contributed by atoms with van der Waals surface area (Å²) in [6.45, 7) is 2.81. The quantitative estimate of drug-likeness (QED) is 0.805. The number of nitrogens with one attached hydrogen (secondary N) is 1. The van der Waals surface area contributed by atoms with E-state index in [0.717, 1.165) is 38.6 Å². The molecule has 2 aliphatic rings. The molecule has 2 fully saturated rings. The number of carbonyl (C=O) groups excluding carboxylic acids is 1. The van der Waals surface area contributed by atoms with E-state index in [9.17, 15) is 9.59 Å². The molecule has 2 rings (SSSR count). The Bertz CT molecular complexity index is 339. The number of carbonyl (C=O) groups is 2. The number of hydrogen-bond acceptors (Lipinski definition) is 2. The highest BCUT2D eigenvalue weighted by atomic mass is 16.4. The lowest BCUT2D eigenvalue weighted by Gasteiger charge is -2.36. The Morgan fingerprint density at radius 2 is 2.11 bits per heavy atom. The van der Waals surface area contributed by atoms with Crippen molar-refractivity contribution in [1.29, 1.82) is 0 Å². The SMILES string of the molecule is CC1(NC(=O)N2CCCCC2CCC(=O)O)CC1. The summed E-state index contributed by atoms with van der Waals surface area (Å²) < 4.78 is 0. The van der Waals surface area contributed by atoms with E-state index < -0.39 is 5.97 Å². The molecular weight excluding hydrogens is 232 g/mol. The molecule has 0 aromatic carbocycles. The van der Waals surface area contributed by atoms with Crippen LogP contribution in [-0.2, 0) is 4.79 Å². The molecule has 5 nitrogen and oxygen atoms in total. The number of amides is 2. The van der Waals surface area contributed by atoms with E-state index in [1.165, 1.54) is 0 Å². The number of hydrogen-bond donors (Lipinski definition) is 2. The van der Waals surface area contributed by atoms with Crippen LogP contribution in [-0.4, -0.2) is 40.1 Å². The van der Waals surface area contributed by atoms with Crippen LogP contribution in [0.3, 0.4) is 0 Å². The molecule has 1 atom stereocenters. The predicted molar refractivity (Wildman–Crippen MR) is 67.4 cm³/mol. The molecule has 18 heavy (non-hydrogen) atoms. The fourth-order valence-electron chi connectivity index (χ4n) is 2.50. The Balaban J connectivity index is 1.89. The summed E-state index contributed by atoms with van der Waals surface area (Å²) in [6.07, 6.45) is 5.85. The van der Waals surface area contributed by atoms with Gasteiger partial charge in [-0.25, -0.2) is 4.79 Å². The lowest BCUT2D eigenvalue weighted by molar-refractivity contribution is -0.137. The van der Waals surface area contributed by atoms with Gasteiger partial charge in [0.05, 0.1) is 0 Å². The average molecular weight is 254 g/mol. The molecule has 1 aliphatic carbocycles. The minimum Gasteiger partial charge on any atom is -0.481 e. The number of rotatable bonds is 4. The second kappa shape index (κ2) is 5.16. The largest absolute Gasteiger partial charge is 0.481 e. The van der Waals surface area contributed by atoms with Gasteiger partial charge in [-0.2, -0.15) is 0 Å². The molecule has 0 radical (unpaired) electrons. The maximum absolute atomic E-state index is 12.2. The molecule has 0 bridgehead atoms. The molecule has 0 aromatic heterocycles. The number of urea groups is 1. The maximum Gasteiger partial charge on any atom is 0.318 e.